The van der Waals surface area contributed by atoms with Crippen LogP contribution in [-0.2, 0) is 67.7 Å². The van der Waals surface area contributed by atoms with Crippen molar-refractivity contribution in [3.8, 4) is 11.5 Å². The second-order valence-electron chi connectivity index (χ2n) is 32.4. The summed E-state index contributed by atoms with van der Waals surface area (Å²) in [6.07, 6.45) is 14.1. The van der Waals surface area contributed by atoms with Gasteiger partial charge >= 0.3 is 40.4 Å². The van der Waals surface area contributed by atoms with Crippen molar-refractivity contribution in [2.24, 2.45) is 41.2 Å². The minimum atomic E-state index is -1.44. The fourth-order valence-corrected chi connectivity index (χ4v) is 11.8. The summed E-state index contributed by atoms with van der Waals surface area (Å²) in [6.45, 7) is 39.7. The quantitative estimate of drug-likeness (QED) is 0.00645. The van der Waals surface area contributed by atoms with Crippen LogP contribution in [0.15, 0.2) is 49.6 Å². The molecule has 0 aliphatic carbocycles. The molecule has 0 radical (unpaired) electrons. The number of hydrogen-bond acceptors (Lipinski definition) is 34. The molecule has 0 spiro atoms. The van der Waals surface area contributed by atoms with Gasteiger partial charge in [0, 0.05) is 72.9 Å². The summed E-state index contributed by atoms with van der Waals surface area (Å²) in [5.74, 6) is 1.59. The molecular weight excluding hydrogens is 1890 g/mol. The molecule has 2 aliphatic rings. The molecule has 139 heavy (non-hydrogen) atoms. The average molecular weight is 2020 g/mol. The van der Waals surface area contributed by atoms with Crippen molar-refractivity contribution in [3.63, 3.8) is 0 Å². The van der Waals surface area contributed by atoms with Gasteiger partial charge in [-0.1, -0.05) is 106 Å². The summed E-state index contributed by atoms with van der Waals surface area (Å²) in [7, 11) is 3.20. The molecule has 0 atom stereocenters. The van der Waals surface area contributed by atoms with E-state index >= 15 is 0 Å². The first-order chi connectivity index (χ1) is 65.8. The fourth-order valence-electron chi connectivity index (χ4n) is 11.3. The second kappa shape index (κ2) is 58.7. The third kappa shape index (κ3) is 37.4. The molecule has 2 aliphatic heterocycles. The third-order valence-electron chi connectivity index (χ3n) is 18.3. The Labute approximate surface area is 816 Å². The summed E-state index contributed by atoms with van der Waals surface area (Å²) in [5, 5.41) is 31.2. The zero-order valence-electron chi connectivity index (χ0n) is 80.7. The van der Waals surface area contributed by atoms with Gasteiger partial charge in [0.05, 0.1) is 107 Å². The molecule has 12 heterocycles. The van der Waals surface area contributed by atoms with Crippen molar-refractivity contribution in [1.82, 2.24) is 116 Å². The number of anilines is 4. The molecule has 0 unspecified atom stereocenters. The molecule has 19 N–H and O–H groups in total. The monoisotopic (exact) mass is 2010 g/mol. The van der Waals surface area contributed by atoms with Gasteiger partial charge in [0.2, 0.25) is 29.5 Å². The van der Waals surface area contributed by atoms with Gasteiger partial charge in [0.1, 0.15) is 80.0 Å². The normalized spacial score (nSPS) is 11.6. The average Bonchev–Trinajstić information content (AvgIpc) is 1.60. The number of carbonyl (C=O) groups excluding carboxylic acids is 11. The Morgan fingerprint density at radius 1 is 0.489 bits per heavy atom. The van der Waals surface area contributed by atoms with Crippen LogP contribution in [0.25, 0.3) is 11.6 Å². The van der Waals surface area contributed by atoms with Crippen molar-refractivity contribution >= 4 is 130 Å². The third-order valence-corrected chi connectivity index (χ3v) is 18.8. The van der Waals surface area contributed by atoms with E-state index in [4.69, 9.17) is 72.5 Å². The van der Waals surface area contributed by atoms with E-state index in [0.29, 0.717) is 138 Å². The van der Waals surface area contributed by atoms with Gasteiger partial charge in [-0.3, -0.25) is 62.9 Å². The van der Waals surface area contributed by atoms with Gasteiger partial charge in [-0.05, 0) is 89.7 Å². The molecule has 51 heteroatoms. The van der Waals surface area contributed by atoms with Crippen LogP contribution in [0.1, 0.15) is 259 Å². The first-order valence-corrected chi connectivity index (χ1v) is 44.9. The number of aliphatic hydroxyl groups is 1. The van der Waals surface area contributed by atoms with Gasteiger partial charge in [-0.15, -0.1) is 0 Å². The Balaban J connectivity index is 0.000000346. The van der Waals surface area contributed by atoms with E-state index in [2.05, 4.69) is 135 Å². The number of fused-ring (bicyclic) bond motifs is 2. The number of pyridine rings is 2. The molecule has 7 amide bonds. The Hall–Kier alpha value is -14.7. The Morgan fingerprint density at radius 2 is 0.835 bits per heavy atom. The van der Waals surface area contributed by atoms with Gasteiger partial charge in [-0.2, -0.15) is 9.97 Å². The van der Waals surface area contributed by atoms with Crippen molar-refractivity contribution in [2.45, 2.75) is 151 Å². The Morgan fingerprint density at radius 3 is 1.19 bits per heavy atom. The number of ether oxygens (including phenoxy) is 4. The Kier molecular flexibility index (Phi) is 49.2. The number of H-pyrrole nitrogens is 6. The first-order valence-electron chi connectivity index (χ1n) is 43.1. The Bertz CT molecular complexity index is 5830. The number of rotatable bonds is 31. The zero-order valence-corrected chi connectivity index (χ0v) is 83.4. The molecule has 12 rings (SSSR count). The fraction of sp³-hybridized carbons (Fsp3) is 0.432. The topological polar surface area (TPSA) is 710 Å². The number of hydrogen-bond donors (Lipinski definition) is 16. The van der Waals surface area contributed by atoms with E-state index in [9.17, 15) is 57.5 Å². The van der Waals surface area contributed by atoms with Gasteiger partial charge in [0.15, 0.2) is 30.0 Å². The predicted octanol–water partition coefficient (Wildman–Crippen LogP) is 7.87. The molecule has 753 valence electrons. The number of amides is 7. The van der Waals surface area contributed by atoms with Gasteiger partial charge in [-0.25, -0.2) is 54.3 Å². The zero-order chi connectivity index (χ0) is 104. The molecule has 0 saturated heterocycles. The van der Waals surface area contributed by atoms with E-state index in [1.807, 2.05) is 96.9 Å². The maximum absolute atomic E-state index is 13.6. The number of aryl methyl sites for hydroxylation is 2. The minimum absolute atomic E-state index is 0.0345. The van der Waals surface area contributed by atoms with Crippen LogP contribution in [0.3, 0.4) is 0 Å². The summed E-state index contributed by atoms with van der Waals surface area (Å²) in [4.78, 5) is 204. The number of imidazole rings is 6. The molecule has 0 fully saturated rings. The predicted molar refractivity (Wildman–Crippen MR) is 506 cm³/mol. The van der Waals surface area contributed by atoms with Crippen molar-refractivity contribution in [3.05, 3.63) is 174 Å². The molecule has 48 nitrogen and oxygen atoms in total. The van der Waals surface area contributed by atoms with E-state index in [1.165, 1.54) is 46.9 Å². The summed E-state index contributed by atoms with van der Waals surface area (Å²) < 4.78 is 37.1. The van der Waals surface area contributed by atoms with Crippen LogP contribution in [0.5, 0.6) is 11.5 Å². The second-order valence-corrected chi connectivity index (χ2v) is 33.3. The van der Waals surface area contributed by atoms with Crippen LogP contribution in [0, 0.1) is 63.2 Å². The van der Waals surface area contributed by atoms with Crippen molar-refractivity contribution in [1.29, 1.82) is 0 Å². The molecule has 0 bridgehead atoms. The summed E-state index contributed by atoms with van der Waals surface area (Å²) >= 11 is 11.0. The van der Waals surface area contributed by atoms with E-state index in [1.54, 1.807) is 40.5 Å². The number of aldehydes is 2. The summed E-state index contributed by atoms with van der Waals surface area (Å²) in [5.41, 5.74) is 24.1. The number of nitrogens with one attached hydrogen (secondary N) is 11. The SMILES string of the molecule is CC(C)CN.CC(C)CNC(=O)c1cnc(C=O)[nH]1.CC(C)CNC(=O)c1cnc(C=O)[nH]1.CC(C)CNC(=O)c1cnc(CO)[nH]1.CCOC(=O)c1ncc(C(=O)NCC(C)C)[nH]1.CCOC(=O)c1ncc(C(=O)O)[nH]1.COc1c(C)cnc(CN2C(=O)/C(=C\c3ncc(C(=O)NCC(C)C)[nH]3)c3c(Cl)nc(N)nc32)c1C.COc1c(C)cnc(CN2C(=O)Cc3c(Cl)nc(N)nc32)c1C.[O]=[Mn]=[O]. The van der Waals surface area contributed by atoms with E-state index in [0.717, 1.165) is 46.4 Å². The van der Waals surface area contributed by atoms with Crippen LogP contribution >= 0.6 is 23.2 Å². The van der Waals surface area contributed by atoms with Crippen LogP contribution in [0.2, 0.25) is 10.3 Å². The maximum atomic E-state index is 13.6. The van der Waals surface area contributed by atoms with E-state index < -0.39 is 32.7 Å². The number of halogens is 2. The van der Waals surface area contributed by atoms with Gasteiger partial charge in [0.25, 0.3) is 35.4 Å². The van der Waals surface area contributed by atoms with E-state index in [-0.39, 0.29) is 155 Å². The number of methoxy groups -OCH3 is 2. The number of carbonyl (C=O) groups is 12. The number of aromatic carboxylic acids is 1. The van der Waals surface area contributed by atoms with Gasteiger partial charge < -0.3 is 103 Å². The van der Waals surface area contributed by atoms with Crippen molar-refractivity contribution in [2.75, 3.05) is 88.0 Å². The van der Waals surface area contributed by atoms with Crippen LogP contribution in [-0.4, -0.2) is 238 Å². The molecule has 0 aromatic carbocycles. The molecule has 0 saturated carbocycles. The molecule has 10 aromatic heterocycles. The number of nitrogen functional groups attached to an aromatic ring is 2. The van der Waals surface area contributed by atoms with Crippen LogP contribution in [0.4, 0.5) is 23.5 Å². The number of esters is 2. The first kappa shape index (κ1) is 117. The number of aromatic nitrogens is 18. The summed E-state index contributed by atoms with van der Waals surface area (Å²) in [6, 6.07) is 0. The number of carboxylic acids is 1. The standard InChI is InChI=1S/C24H27ClN8O3.C15H16ClN5O2.C11H17N3O3.C9H15N3O2.2C9H13N3O2.C7H8N2O4.C4H11N.Mn.2O/c1-11(2)7-29-22(34)15-9-28-17(30-15)6-14-18-20(25)31-24(26)32-21(18)33(23(14)35)10-16-13(4)19(36-5)12(3)8-27-16;1-7-5-18-10(8(2)12(7)23-3)6-21-11(22)4-9-13(16)19-15(17)20-14(9)21;1-4-17-11(16)9-12-6-8(14-9)10(15)13-5-7(2)3;3*1-6(2)3-11-9(14)7-4-10-8(5-13)12-7;1-2-13-7(12)5-8-3-4(9-5)6(10)11;1-4(2)3-5;;;/h6,8-9,11H,7,10H2,1-5H3,(H,28,30)(H,29,34)(H2,26,31,32);5H,4,6H2,1-3H3,(H2,17,19,20);6-7H,4-5H2,1-3H3,(H,12,14)(H,13,15);4,6,13H,3,5H2,1-2H3,(H,10,12)(H,11,14);2*4-6H,3H2,1-2H3,(H,10,12)(H,11,14);3H,2H2,1H3,(H,8,9)(H,10,11);4H,3,5H2,1-2H3;;;/b14-6-;;;;;;;;;;. The number of carboxylic acid groups (broad SMARTS) is 1. The number of aromatic amines is 6. The molecule has 10 aromatic rings. The van der Waals surface area contributed by atoms with Crippen molar-refractivity contribution < 1.29 is 109 Å². The van der Waals surface area contributed by atoms with Crippen LogP contribution < -0.4 is 63.1 Å². The molecular formula is C88H120Cl2MnN28O20. The number of nitrogens with two attached hydrogens (primary N) is 3. The number of nitrogens with zero attached hydrogens (tertiary/aromatic N) is 14. The number of aliphatic hydroxyl groups excluding tert-OH is 1.